The van der Waals surface area contributed by atoms with Gasteiger partial charge in [-0.05, 0) is 45.3 Å². The second-order valence-electron chi connectivity index (χ2n) is 6.36. The van der Waals surface area contributed by atoms with E-state index >= 15 is 0 Å². The van der Waals surface area contributed by atoms with Gasteiger partial charge in [-0.15, -0.1) is 11.3 Å². The second-order valence-corrected chi connectivity index (χ2v) is 7.77. The van der Waals surface area contributed by atoms with Crippen LogP contribution in [0.25, 0.3) is 10.9 Å². The highest BCUT2D eigenvalue weighted by atomic mass is 32.1. The molecule has 0 saturated carbocycles. The van der Waals surface area contributed by atoms with Gasteiger partial charge in [-0.2, -0.15) is 0 Å². The van der Waals surface area contributed by atoms with E-state index in [0.717, 1.165) is 27.2 Å². The van der Waals surface area contributed by atoms with Crippen molar-refractivity contribution in [3.63, 3.8) is 0 Å². The number of hydrogen-bond donors (Lipinski definition) is 0. The van der Waals surface area contributed by atoms with Gasteiger partial charge in [-0.3, -0.25) is 9.69 Å². The average molecular weight is 341 g/mol. The standard InChI is InChI=1S/C19H23N3OS/c1-12(18-13(2)24-14(3)20-18)21(4)11-16-10-15-8-6-7-9-17(15)22(5)19(16)23/h6-10,12H,11H2,1-5H3. The molecule has 1 unspecified atom stereocenters. The maximum atomic E-state index is 12.7. The van der Waals surface area contributed by atoms with Crippen molar-refractivity contribution in [2.45, 2.75) is 33.4 Å². The topological polar surface area (TPSA) is 38.1 Å². The molecule has 0 saturated heterocycles. The van der Waals surface area contributed by atoms with Crippen LogP contribution in [0, 0.1) is 13.8 Å². The summed E-state index contributed by atoms with van der Waals surface area (Å²) in [5.74, 6) is 0. The molecule has 0 bridgehead atoms. The summed E-state index contributed by atoms with van der Waals surface area (Å²) in [7, 11) is 3.89. The summed E-state index contributed by atoms with van der Waals surface area (Å²) in [6, 6.07) is 10.2. The van der Waals surface area contributed by atoms with E-state index in [9.17, 15) is 4.79 Å². The molecule has 0 N–H and O–H groups in total. The molecule has 2 aromatic heterocycles. The zero-order valence-electron chi connectivity index (χ0n) is 14.8. The van der Waals surface area contributed by atoms with Gasteiger partial charge in [0.2, 0.25) is 0 Å². The van der Waals surface area contributed by atoms with Crippen LogP contribution in [-0.2, 0) is 13.6 Å². The van der Waals surface area contributed by atoms with Gasteiger partial charge in [0.15, 0.2) is 0 Å². The molecule has 0 fully saturated rings. The van der Waals surface area contributed by atoms with Crippen molar-refractivity contribution < 1.29 is 0 Å². The highest BCUT2D eigenvalue weighted by Gasteiger charge is 2.19. The molecule has 126 valence electrons. The monoisotopic (exact) mass is 341 g/mol. The van der Waals surface area contributed by atoms with Crippen LogP contribution >= 0.6 is 11.3 Å². The Morgan fingerprint density at radius 1 is 1.29 bits per heavy atom. The molecule has 2 heterocycles. The Balaban J connectivity index is 1.93. The normalized spacial score (nSPS) is 12.9. The molecule has 0 aliphatic heterocycles. The quantitative estimate of drug-likeness (QED) is 0.724. The summed E-state index contributed by atoms with van der Waals surface area (Å²) in [6.07, 6.45) is 0. The lowest BCUT2D eigenvalue weighted by molar-refractivity contribution is 0.247. The minimum atomic E-state index is 0.0685. The summed E-state index contributed by atoms with van der Waals surface area (Å²) in [4.78, 5) is 20.8. The van der Waals surface area contributed by atoms with E-state index in [1.165, 1.54) is 4.88 Å². The Labute approximate surface area is 146 Å². The Kier molecular flexibility index (Phi) is 4.56. The molecule has 1 aromatic carbocycles. The van der Waals surface area contributed by atoms with E-state index in [1.54, 1.807) is 15.9 Å². The first-order chi connectivity index (χ1) is 11.4. The van der Waals surface area contributed by atoms with Crippen molar-refractivity contribution in [2.75, 3.05) is 7.05 Å². The Hall–Kier alpha value is -1.98. The maximum Gasteiger partial charge on any atom is 0.255 e. The van der Waals surface area contributed by atoms with Crippen LogP contribution in [0.1, 0.15) is 34.1 Å². The lowest BCUT2D eigenvalue weighted by Crippen LogP contribution is -2.29. The Bertz CT molecular complexity index is 941. The SMILES string of the molecule is Cc1nc(C(C)N(C)Cc2cc3ccccc3n(C)c2=O)c(C)s1. The van der Waals surface area contributed by atoms with Crippen molar-refractivity contribution in [3.05, 3.63) is 61.8 Å². The highest BCUT2D eigenvalue weighted by Crippen LogP contribution is 2.27. The third-order valence-electron chi connectivity index (χ3n) is 4.62. The Morgan fingerprint density at radius 3 is 2.67 bits per heavy atom. The predicted octanol–water partition coefficient (Wildman–Crippen LogP) is 3.80. The lowest BCUT2D eigenvalue weighted by Gasteiger charge is -2.24. The van der Waals surface area contributed by atoms with E-state index in [-0.39, 0.29) is 11.6 Å². The van der Waals surface area contributed by atoms with Crippen LogP contribution in [0.2, 0.25) is 0 Å². The van der Waals surface area contributed by atoms with Crippen LogP contribution in [0.15, 0.2) is 35.1 Å². The zero-order chi connectivity index (χ0) is 17.4. The smallest absolute Gasteiger partial charge is 0.255 e. The molecule has 0 aliphatic carbocycles. The van der Waals surface area contributed by atoms with Gasteiger partial charge < -0.3 is 4.57 Å². The van der Waals surface area contributed by atoms with E-state index < -0.39 is 0 Å². The minimum Gasteiger partial charge on any atom is -0.311 e. The first-order valence-electron chi connectivity index (χ1n) is 8.10. The first kappa shape index (κ1) is 16.9. The van der Waals surface area contributed by atoms with Crippen LogP contribution in [0.5, 0.6) is 0 Å². The summed E-state index contributed by atoms with van der Waals surface area (Å²) < 4.78 is 1.74. The van der Waals surface area contributed by atoms with Crippen LogP contribution in [-0.4, -0.2) is 21.5 Å². The summed E-state index contributed by atoms with van der Waals surface area (Å²) in [6.45, 7) is 6.90. The zero-order valence-corrected chi connectivity index (χ0v) is 15.6. The number of aromatic nitrogens is 2. The number of aryl methyl sites for hydroxylation is 3. The van der Waals surface area contributed by atoms with E-state index in [1.807, 2.05) is 45.3 Å². The molecular weight excluding hydrogens is 318 g/mol. The number of rotatable bonds is 4. The highest BCUT2D eigenvalue weighted by molar-refractivity contribution is 7.11. The number of para-hydroxylation sites is 1. The van der Waals surface area contributed by atoms with Crippen molar-refractivity contribution in [1.82, 2.24) is 14.5 Å². The molecule has 4 nitrogen and oxygen atoms in total. The van der Waals surface area contributed by atoms with Gasteiger partial charge in [-0.1, -0.05) is 18.2 Å². The molecule has 0 spiro atoms. The second kappa shape index (κ2) is 6.49. The molecule has 3 aromatic rings. The van der Waals surface area contributed by atoms with Crippen molar-refractivity contribution in [2.24, 2.45) is 7.05 Å². The Morgan fingerprint density at radius 2 is 2.00 bits per heavy atom. The largest absolute Gasteiger partial charge is 0.311 e. The van der Waals surface area contributed by atoms with Gasteiger partial charge in [0.1, 0.15) is 0 Å². The number of hydrogen-bond acceptors (Lipinski definition) is 4. The third-order valence-corrected chi connectivity index (χ3v) is 5.53. The average Bonchev–Trinajstić information content (AvgIpc) is 2.90. The van der Waals surface area contributed by atoms with Crippen LogP contribution in [0.4, 0.5) is 0 Å². The van der Waals surface area contributed by atoms with Crippen molar-refractivity contribution in [3.8, 4) is 0 Å². The fourth-order valence-corrected chi connectivity index (χ4v) is 4.06. The van der Waals surface area contributed by atoms with Gasteiger partial charge in [0.25, 0.3) is 5.56 Å². The molecule has 0 radical (unpaired) electrons. The first-order valence-corrected chi connectivity index (χ1v) is 8.92. The minimum absolute atomic E-state index is 0.0685. The molecule has 0 amide bonds. The van der Waals surface area contributed by atoms with Gasteiger partial charge in [0, 0.05) is 24.0 Å². The summed E-state index contributed by atoms with van der Waals surface area (Å²) >= 11 is 1.73. The fraction of sp³-hybridized carbons (Fsp3) is 0.368. The van der Waals surface area contributed by atoms with Crippen LogP contribution < -0.4 is 5.56 Å². The lowest BCUT2D eigenvalue weighted by atomic mass is 10.1. The van der Waals surface area contributed by atoms with Crippen LogP contribution in [0.3, 0.4) is 0 Å². The molecule has 1 atom stereocenters. The molecular formula is C19H23N3OS. The van der Waals surface area contributed by atoms with E-state index in [0.29, 0.717) is 6.54 Å². The van der Waals surface area contributed by atoms with Gasteiger partial charge >= 0.3 is 0 Å². The third kappa shape index (κ3) is 3.01. The number of nitrogens with zero attached hydrogens (tertiary/aromatic N) is 3. The van der Waals surface area contributed by atoms with E-state index in [4.69, 9.17) is 0 Å². The summed E-state index contributed by atoms with van der Waals surface area (Å²) in [5, 5.41) is 2.18. The number of benzene rings is 1. The van der Waals surface area contributed by atoms with Gasteiger partial charge in [0.05, 0.1) is 22.3 Å². The molecule has 5 heteroatoms. The van der Waals surface area contributed by atoms with E-state index in [2.05, 4.69) is 29.8 Å². The van der Waals surface area contributed by atoms with Crippen molar-refractivity contribution >= 4 is 22.2 Å². The molecule has 3 rings (SSSR count). The number of thiazole rings is 1. The maximum absolute atomic E-state index is 12.7. The number of pyridine rings is 1. The number of fused-ring (bicyclic) bond motifs is 1. The van der Waals surface area contributed by atoms with Gasteiger partial charge in [-0.25, -0.2) is 4.98 Å². The summed E-state index contributed by atoms with van der Waals surface area (Å²) in [5.41, 5.74) is 2.96. The molecule has 0 aliphatic rings. The predicted molar refractivity (Wildman–Crippen MR) is 101 cm³/mol. The molecule has 24 heavy (non-hydrogen) atoms. The van der Waals surface area contributed by atoms with Crippen molar-refractivity contribution in [1.29, 1.82) is 0 Å². The fourth-order valence-electron chi connectivity index (χ4n) is 3.15.